The molecular weight excluding hydrogens is 304 g/mol. The van der Waals surface area contributed by atoms with E-state index in [1.54, 1.807) is 12.1 Å². The van der Waals surface area contributed by atoms with Crippen LogP contribution in [0.3, 0.4) is 0 Å². The number of aryl methyl sites for hydroxylation is 1. The molecule has 6 heteroatoms. The fraction of sp³-hybridized carbons (Fsp3) is 0.562. The van der Waals surface area contributed by atoms with Crippen LogP contribution >= 0.6 is 0 Å². The molecule has 0 saturated heterocycles. The maximum atomic E-state index is 11.3. The summed E-state index contributed by atoms with van der Waals surface area (Å²) >= 11 is 0. The number of fused-ring (bicyclic) bond motifs is 1. The molecule has 0 saturated carbocycles. The first-order chi connectivity index (χ1) is 10.4. The van der Waals surface area contributed by atoms with Gasteiger partial charge in [-0.2, -0.15) is 8.42 Å². The molecule has 1 aliphatic rings. The third kappa shape index (κ3) is 4.55. The molecule has 1 atom stereocenters. The van der Waals surface area contributed by atoms with Crippen molar-refractivity contribution < 1.29 is 22.9 Å². The molecular formula is C16H22O5S. The molecule has 0 bridgehead atoms. The first-order valence-electron chi connectivity index (χ1n) is 7.70. The lowest BCUT2D eigenvalue weighted by atomic mass is 9.80. The van der Waals surface area contributed by atoms with Gasteiger partial charge in [0.2, 0.25) is 0 Å². The van der Waals surface area contributed by atoms with Crippen LogP contribution in [-0.4, -0.2) is 24.0 Å². The molecule has 2 rings (SSSR count). The molecule has 5 nitrogen and oxygen atoms in total. The summed E-state index contributed by atoms with van der Waals surface area (Å²) in [5.74, 6) is -0.462. The van der Waals surface area contributed by atoms with E-state index in [1.165, 1.54) is 6.07 Å². The van der Waals surface area contributed by atoms with E-state index in [0.29, 0.717) is 12.3 Å². The molecule has 0 heterocycles. The SMILES string of the molecule is O=C(O)CCCCCC1CCCc2ccc(S(=O)(=O)O)cc21. The van der Waals surface area contributed by atoms with Crippen LogP contribution in [0.5, 0.6) is 0 Å². The molecule has 1 aromatic carbocycles. The average Bonchev–Trinajstić information content (AvgIpc) is 2.45. The summed E-state index contributed by atoms with van der Waals surface area (Å²) in [6, 6.07) is 4.87. The molecule has 0 fully saturated rings. The van der Waals surface area contributed by atoms with E-state index in [9.17, 15) is 17.8 Å². The fourth-order valence-electron chi connectivity index (χ4n) is 3.18. The summed E-state index contributed by atoms with van der Waals surface area (Å²) < 4.78 is 31.8. The Hall–Kier alpha value is -1.40. The van der Waals surface area contributed by atoms with E-state index in [2.05, 4.69) is 0 Å². The first kappa shape index (κ1) is 17.0. The number of hydrogen-bond donors (Lipinski definition) is 2. The highest BCUT2D eigenvalue weighted by molar-refractivity contribution is 7.85. The van der Waals surface area contributed by atoms with Crippen LogP contribution < -0.4 is 0 Å². The lowest BCUT2D eigenvalue weighted by Gasteiger charge is -2.26. The zero-order valence-corrected chi connectivity index (χ0v) is 13.3. The number of carboxylic acids is 1. The topological polar surface area (TPSA) is 91.7 Å². The molecule has 1 aliphatic carbocycles. The summed E-state index contributed by atoms with van der Waals surface area (Å²) in [5.41, 5.74) is 2.19. The number of carbonyl (C=O) groups is 1. The van der Waals surface area contributed by atoms with Gasteiger partial charge in [0.15, 0.2) is 0 Å². The second kappa shape index (κ2) is 7.24. The second-order valence-electron chi connectivity index (χ2n) is 5.92. The molecule has 2 N–H and O–H groups in total. The van der Waals surface area contributed by atoms with Crippen LogP contribution in [0, 0.1) is 0 Å². The van der Waals surface area contributed by atoms with Crippen molar-refractivity contribution in [1.82, 2.24) is 0 Å². The van der Waals surface area contributed by atoms with Crippen molar-refractivity contribution in [3.05, 3.63) is 29.3 Å². The molecule has 1 aromatic rings. The third-order valence-electron chi connectivity index (χ3n) is 4.30. The maximum Gasteiger partial charge on any atom is 0.303 e. The lowest BCUT2D eigenvalue weighted by Crippen LogP contribution is -2.11. The van der Waals surface area contributed by atoms with E-state index in [1.807, 2.05) is 0 Å². The summed E-state index contributed by atoms with van der Waals surface area (Å²) in [7, 11) is -4.16. The van der Waals surface area contributed by atoms with Gasteiger partial charge in [-0.3, -0.25) is 9.35 Å². The highest BCUT2D eigenvalue weighted by Crippen LogP contribution is 2.36. The number of aliphatic carboxylic acids is 1. The van der Waals surface area contributed by atoms with Gasteiger partial charge in [-0.25, -0.2) is 0 Å². The van der Waals surface area contributed by atoms with Gasteiger partial charge < -0.3 is 5.11 Å². The van der Waals surface area contributed by atoms with E-state index >= 15 is 0 Å². The Kier molecular flexibility index (Phi) is 5.58. The predicted octanol–water partition coefficient (Wildman–Crippen LogP) is 3.39. The standard InChI is InChI=1S/C16H22O5S/c17-16(18)8-3-1-2-5-12-6-4-7-13-9-10-14(11-15(12)13)22(19,20)21/h9-12H,1-8H2,(H,17,18)(H,19,20,21). The van der Waals surface area contributed by atoms with Crippen LogP contribution in [0.25, 0.3) is 0 Å². The van der Waals surface area contributed by atoms with E-state index in [0.717, 1.165) is 49.7 Å². The predicted molar refractivity (Wildman–Crippen MR) is 82.7 cm³/mol. The second-order valence-corrected chi connectivity index (χ2v) is 7.34. The Labute approximate surface area is 131 Å². The largest absolute Gasteiger partial charge is 0.481 e. The van der Waals surface area contributed by atoms with Crippen LogP contribution in [0.4, 0.5) is 0 Å². The van der Waals surface area contributed by atoms with E-state index in [4.69, 9.17) is 5.11 Å². The molecule has 1 unspecified atom stereocenters. The minimum atomic E-state index is -4.16. The Bertz CT molecular complexity index is 636. The number of carboxylic acid groups (broad SMARTS) is 1. The maximum absolute atomic E-state index is 11.3. The first-order valence-corrected chi connectivity index (χ1v) is 9.14. The highest BCUT2D eigenvalue weighted by Gasteiger charge is 2.22. The normalized spacial score (nSPS) is 18.0. The van der Waals surface area contributed by atoms with Gasteiger partial charge in [-0.05, 0) is 61.3 Å². The number of rotatable bonds is 7. The van der Waals surface area contributed by atoms with Gasteiger partial charge in [-0.1, -0.05) is 18.9 Å². The summed E-state index contributed by atoms with van der Waals surface area (Å²) in [4.78, 5) is 10.4. The van der Waals surface area contributed by atoms with Crippen molar-refractivity contribution in [3.63, 3.8) is 0 Å². The number of unbranched alkanes of at least 4 members (excludes halogenated alkanes) is 2. The van der Waals surface area contributed by atoms with Gasteiger partial charge in [0.25, 0.3) is 10.1 Å². The molecule has 0 aromatic heterocycles. The molecule has 0 radical (unpaired) electrons. The van der Waals surface area contributed by atoms with Crippen LogP contribution in [0.2, 0.25) is 0 Å². The fourth-order valence-corrected chi connectivity index (χ4v) is 3.70. The smallest absolute Gasteiger partial charge is 0.303 e. The molecule has 0 spiro atoms. The van der Waals surface area contributed by atoms with E-state index in [-0.39, 0.29) is 11.3 Å². The molecule has 22 heavy (non-hydrogen) atoms. The summed E-state index contributed by atoms with van der Waals surface area (Å²) in [6.07, 6.45) is 6.66. The quantitative estimate of drug-likeness (QED) is 0.592. The molecule has 0 aliphatic heterocycles. The van der Waals surface area contributed by atoms with Gasteiger partial charge in [0, 0.05) is 6.42 Å². The average molecular weight is 326 g/mol. The minimum Gasteiger partial charge on any atom is -0.481 e. The zero-order chi connectivity index (χ0) is 16.2. The van der Waals surface area contributed by atoms with Crippen LogP contribution in [0.15, 0.2) is 23.1 Å². The van der Waals surface area contributed by atoms with Gasteiger partial charge in [0.1, 0.15) is 0 Å². The Balaban J connectivity index is 2.02. The summed E-state index contributed by atoms with van der Waals surface area (Å²) in [6.45, 7) is 0. The Morgan fingerprint density at radius 2 is 2.00 bits per heavy atom. The van der Waals surface area contributed by atoms with Gasteiger partial charge >= 0.3 is 5.97 Å². The Morgan fingerprint density at radius 1 is 1.23 bits per heavy atom. The van der Waals surface area contributed by atoms with Gasteiger partial charge in [-0.15, -0.1) is 0 Å². The van der Waals surface area contributed by atoms with Crippen molar-refractivity contribution in [1.29, 1.82) is 0 Å². The monoisotopic (exact) mass is 326 g/mol. The lowest BCUT2D eigenvalue weighted by molar-refractivity contribution is -0.137. The Morgan fingerprint density at radius 3 is 2.68 bits per heavy atom. The van der Waals surface area contributed by atoms with Crippen molar-refractivity contribution in [2.75, 3.05) is 0 Å². The van der Waals surface area contributed by atoms with Crippen molar-refractivity contribution in [2.45, 2.75) is 62.2 Å². The highest BCUT2D eigenvalue weighted by atomic mass is 32.2. The van der Waals surface area contributed by atoms with Gasteiger partial charge in [0.05, 0.1) is 4.90 Å². The molecule has 0 amide bonds. The van der Waals surface area contributed by atoms with Crippen molar-refractivity contribution in [3.8, 4) is 0 Å². The summed E-state index contributed by atoms with van der Waals surface area (Å²) in [5, 5.41) is 8.62. The van der Waals surface area contributed by atoms with E-state index < -0.39 is 16.1 Å². The zero-order valence-electron chi connectivity index (χ0n) is 12.5. The third-order valence-corrected chi connectivity index (χ3v) is 5.15. The number of benzene rings is 1. The minimum absolute atomic E-state index is 0.0379. The van der Waals surface area contributed by atoms with Crippen molar-refractivity contribution >= 4 is 16.1 Å². The number of hydrogen-bond acceptors (Lipinski definition) is 3. The van der Waals surface area contributed by atoms with Crippen LogP contribution in [-0.2, 0) is 21.3 Å². The molecule has 122 valence electrons. The van der Waals surface area contributed by atoms with Crippen molar-refractivity contribution in [2.24, 2.45) is 0 Å². The van der Waals surface area contributed by atoms with Crippen LogP contribution in [0.1, 0.15) is 62.0 Å².